The Morgan fingerprint density at radius 1 is 1.58 bits per heavy atom. The Hall–Kier alpha value is 0.314. The van der Waals surface area contributed by atoms with Gasteiger partial charge >= 0.3 is 5.97 Å². The number of carboxylic acids is 1. The van der Waals surface area contributed by atoms with Crippen LogP contribution in [0.1, 0.15) is 20.8 Å². The van der Waals surface area contributed by atoms with Crippen LogP contribution in [0.3, 0.4) is 0 Å². The summed E-state index contributed by atoms with van der Waals surface area (Å²) in [4.78, 5) is 10.6. The number of aliphatic carboxylic acids is 1. The third-order valence-electron chi connectivity index (χ3n) is 2.52. The molecule has 12 heavy (non-hydrogen) atoms. The van der Waals surface area contributed by atoms with Crippen LogP contribution in [0.2, 0.25) is 0 Å². The van der Waals surface area contributed by atoms with E-state index in [2.05, 4.69) is 6.08 Å². The van der Waals surface area contributed by atoms with E-state index >= 15 is 0 Å². The van der Waals surface area contributed by atoms with E-state index in [4.69, 9.17) is 5.11 Å². The first-order valence-corrected chi connectivity index (χ1v) is 3.75. The van der Waals surface area contributed by atoms with Crippen molar-refractivity contribution in [3.63, 3.8) is 0 Å². The third-order valence-corrected chi connectivity index (χ3v) is 2.52. The van der Waals surface area contributed by atoms with Gasteiger partial charge in [-0.2, -0.15) is 6.92 Å². The number of hydrogen-bond acceptors (Lipinski definition) is 1. The van der Waals surface area contributed by atoms with Crippen LogP contribution in [0, 0.1) is 23.3 Å². The van der Waals surface area contributed by atoms with Gasteiger partial charge in [0, 0.05) is 32.7 Å². The summed E-state index contributed by atoms with van der Waals surface area (Å²) >= 11 is 0. The predicted octanol–water partition coefficient (Wildman–Crippen LogP) is 1.72. The van der Waals surface area contributed by atoms with Gasteiger partial charge in [-0.3, -0.25) is 10.9 Å². The zero-order valence-corrected chi connectivity index (χ0v) is 10.5. The molecule has 0 aromatic rings. The molecule has 65 valence electrons. The van der Waals surface area contributed by atoms with Gasteiger partial charge in [-0.25, -0.2) is 0 Å². The van der Waals surface area contributed by atoms with Gasteiger partial charge in [0.25, 0.3) is 0 Å². The van der Waals surface area contributed by atoms with Gasteiger partial charge in [0.15, 0.2) is 0 Å². The summed E-state index contributed by atoms with van der Waals surface area (Å²) in [6.45, 7) is 5.75. The summed E-state index contributed by atoms with van der Waals surface area (Å²) in [5.74, 6) is -0.702. The zero-order chi connectivity index (χ0) is 8.65. The Morgan fingerprint density at radius 2 is 2.08 bits per heavy atom. The Kier molecular flexibility index (Phi) is 4.12. The van der Waals surface area contributed by atoms with Crippen molar-refractivity contribution in [2.75, 3.05) is 0 Å². The van der Waals surface area contributed by atoms with Gasteiger partial charge in [0.05, 0.1) is 5.92 Å². The van der Waals surface area contributed by atoms with E-state index in [0.29, 0.717) is 0 Å². The molecule has 0 heterocycles. The molecule has 0 amide bonds. The van der Waals surface area contributed by atoms with Crippen molar-refractivity contribution >= 4 is 5.97 Å². The van der Waals surface area contributed by atoms with Crippen LogP contribution >= 0.6 is 0 Å². The molecular weight excluding hydrogens is 229 g/mol. The number of allylic oxidation sites excluding steroid dienone is 2. The zero-order valence-electron chi connectivity index (χ0n) is 7.66. The van der Waals surface area contributed by atoms with Gasteiger partial charge in [0.1, 0.15) is 0 Å². The molecule has 0 bridgehead atoms. The average Bonchev–Trinajstić information content (AvgIpc) is 2.35. The molecule has 1 fully saturated rings. The second-order valence-corrected chi connectivity index (χ2v) is 3.62. The monoisotopic (exact) mass is 242 g/mol. The Labute approximate surface area is 98.3 Å². The fourth-order valence-electron chi connectivity index (χ4n) is 1.64. The number of rotatable bonds is 2. The third kappa shape index (κ3) is 1.97. The van der Waals surface area contributed by atoms with E-state index in [0.717, 1.165) is 0 Å². The molecule has 3 heteroatoms. The topological polar surface area (TPSA) is 37.3 Å². The molecule has 2 nitrogen and oxygen atoms in total. The van der Waals surface area contributed by atoms with Crippen molar-refractivity contribution < 1.29 is 42.6 Å². The van der Waals surface area contributed by atoms with Crippen molar-refractivity contribution in [1.29, 1.82) is 0 Å². The van der Waals surface area contributed by atoms with Crippen molar-refractivity contribution in [2.24, 2.45) is 17.3 Å². The molecule has 0 aromatic heterocycles. The Morgan fingerprint density at radius 3 is 2.33 bits per heavy atom. The maximum Gasteiger partial charge on any atom is 0.307 e. The first kappa shape index (κ1) is 12.3. The van der Waals surface area contributed by atoms with Gasteiger partial charge in [-0.15, -0.1) is 0 Å². The fourth-order valence-corrected chi connectivity index (χ4v) is 1.64. The minimum absolute atomic E-state index is 0. The van der Waals surface area contributed by atoms with Crippen molar-refractivity contribution in [3.05, 3.63) is 12.2 Å². The van der Waals surface area contributed by atoms with Crippen LogP contribution in [0.4, 0.5) is 0 Å². The standard InChI is InChI=1S/C9H13O2.Y/c1-4-5-6-7(8(10)11)9(6,2)3;/h5-7H,1-3H3,(H,10,11);/q-1;/t6-,7-;/m1./s1. The van der Waals surface area contributed by atoms with Crippen molar-refractivity contribution in [3.8, 4) is 0 Å². The minimum atomic E-state index is -0.688. The van der Waals surface area contributed by atoms with E-state index in [1.54, 1.807) is 6.92 Å². The van der Waals surface area contributed by atoms with Crippen LogP contribution in [0.5, 0.6) is 0 Å². The maximum atomic E-state index is 10.6. The summed E-state index contributed by atoms with van der Waals surface area (Å²) in [7, 11) is 0. The molecule has 0 aliphatic heterocycles. The second-order valence-electron chi connectivity index (χ2n) is 3.62. The average molecular weight is 242 g/mol. The summed E-state index contributed by atoms with van der Waals surface area (Å²) in [5.41, 5.74) is -0.0607. The van der Waals surface area contributed by atoms with Gasteiger partial charge in [-0.1, -0.05) is 13.8 Å². The van der Waals surface area contributed by atoms with Crippen LogP contribution in [-0.2, 0) is 37.5 Å². The largest absolute Gasteiger partial charge is 0.503 e. The molecule has 1 saturated carbocycles. The van der Waals surface area contributed by atoms with Crippen LogP contribution in [-0.4, -0.2) is 11.1 Å². The van der Waals surface area contributed by atoms with Crippen molar-refractivity contribution in [2.45, 2.75) is 20.8 Å². The van der Waals surface area contributed by atoms with E-state index < -0.39 is 5.97 Å². The Bertz CT molecular complexity index is 209. The summed E-state index contributed by atoms with van der Waals surface area (Å²) in [6, 6.07) is 0. The second kappa shape index (κ2) is 4.01. The summed E-state index contributed by atoms with van der Waals surface area (Å²) in [5, 5.41) is 8.74. The molecule has 1 radical (unpaired) electrons. The normalized spacial score (nSPS) is 31.2. The summed E-state index contributed by atoms with van der Waals surface area (Å²) in [6.07, 6.45) is 4.74. The van der Waals surface area contributed by atoms with Crippen LogP contribution in [0.15, 0.2) is 6.08 Å². The van der Waals surface area contributed by atoms with E-state index in [1.807, 2.05) is 19.9 Å². The van der Waals surface area contributed by atoms with Gasteiger partial charge < -0.3 is 11.2 Å². The maximum absolute atomic E-state index is 10.6. The van der Waals surface area contributed by atoms with E-state index in [-0.39, 0.29) is 50.0 Å². The molecule has 1 rings (SSSR count). The molecule has 1 aliphatic carbocycles. The van der Waals surface area contributed by atoms with Crippen LogP contribution < -0.4 is 0 Å². The molecule has 0 spiro atoms. The SMILES string of the molecule is C[C-]=C[C@@H]1[C@H](C(=O)O)C1(C)C.[Y]. The molecule has 2 atom stereocenters. The Balaban J connectivity index is 0.00000121. The number of carbonyl (C=O) groups is 1. The summed E-state index contributed by atoms with van der Waals surface area (Å²) < 4.78 is 0. The van der Waals surface area contributed by atoms with Crippen molar-refractivity contribution in [1.82, 2.24) is 0 Å². The molecule has 1 aliphatic rings. The van der Waals surface area contributed by atoms with Crippen LogP contribution in [0.25, 0.3) is 0 Å². The number of hydrogen-bond donors (Lipinski definition) is 1. The molecule has 1 N–H and O–H groups in total. The van der Waals surface area contributed by atoms with E-state index in [1.165, 1.54) is 0 Å². The molecular formula is C9H13O2Y-. The van der Waals surface area contributed by atoms with Gasteiger partial charge in [0.2, 0.25) is 0 Å². The molecule has 0 aromatic carbocycles. The smallest absolute Gasteiger partial charge is 0.307 e. The predicted molar refractivity (Wildman–Crippen MR) is 41.9 cm³/mol. The minimum Gasteiger partial charge on any atom is -0.503 e. The van der Waals surface area contributed by atoms with Gasteiger partial charge in [-0.05, 0) is 11.3 Å². The number of carboxylic acid groups (broad SMARTS) is 1. The quantitative estimate of drug-likeness (QED) is 0.748. The first-order valence-electron chi connectivity index (χ1n) is 3.75. The molecule has 0 unspecified atom stereocenters. The fraction of sp³-hybridized carbons (Fsp3) is 0.667. The first-order chi connectivity index (χ1) is 5.01. The van der Waals surface area contributed by atoms with E-state index in [9.17, 15) is 4.79 Å². The molecule has 0 saturated heterocycles.